The number of aromatic nitrogens is 3. The zero-order valence-corrected chi connectivity index (χ0v) is 14.9. The molecule has 1 aromatic carbocycles. The maximum absolute atomic E-state index is 12.5. The Morgan fingerprint density at radius 3 is 2.64 bits per heavy atom. The van der Waals surface area contributed by atoms with E-state index >= 15 is 0 Å². The molecule has 130 valence electrons. The average Bonchev–Trinajstić information content (AvgIpc) is 3.02. The van der Waals surface area contributed by atoms with Crippen molar-refractivity contribution < 1.29 is 9.53 Å². The van der Waals surface area contributed by atoms with Crippen molar-refractivity contribution in [1.82, 2.24) is 20.1 Å². The van der Waals surface area contributed by atoms with Crippen LogP contribution in [0.3, 0.4) is 0 Å². The van der Waals surface area contributed by atoms with Crippen LogP contribution in [0.15, 0.2) is 36.5 Å². The van der Waals surface area contributed by atoms with Crippen LogP contribution in [0.5, 0.6) is 5.75 Å². The third-order valence-corrected chi connectivity index (χ3v) is 4.11. The summed E-state index contributed by atoms with van der Waals surface area (Å²) in [5, 5.41) is 8.17. The van der Waals surface area contributed by atoms with Crippen molar-refractivity contribution in [3.05, 3.63) is 53.3 Å². The highest BCUT2D eigenvalue weighted by Crippen LogP contribution is 2.19. The second kappa shape index (κ2) is 6.93. The standard InChI is InChI=1S/C19H22N4O2/c1-12(2)23-18-15(11-21-23)9-17(13(3)22-18)19(24)20-10-14-5-7-16(25-4)8-6-14/h5-9,11-12H,10H2,1-4H3,(H,20,24). The van der Waals surface area contributed by atoms with Crippen LogP contribution >= 0.6 is 0 Å². The number of aryl methyl sites for hydroxylation is 1. The summed E-state index contributed by atoms with van der Waals surface area (Å²) in [5.41, 5.74) is 3.08. The molecule has 0 bridgehead atoms. The van der Waals surface area contributed by atoms with Crippen LogP contribution in [-0.4, -0.2) is 27.8 Å². The van der Waals surface area contributed by atoms with Crippen LogP contribution in [0.4, 0.5) is 0 Å². The number of fused-ring (bicyclic) bond motifs is 1. The number of amides is 1. The molecule has 25 heavy (non-hydrogen) atoms. The minimum atomic E-state index is -0.139. The first kappa shape index (κ1) is 17.0. The predicted octanol–water partition coefficient (Wildman–Crippen LogP) is 3.26. The van der Waals surface area contributed by atoms with Gasteiger partial charge < -0.3 is 10.1 Å². The Labute approximate surface area is 146 Å². The minimum absolute atomic E-state index is 0.139. The van der Waals surface area contributed by atoms with Gasteiger partial charge in [0.1, 0.15) is 5.75 Å². The summed E-state index contributed by atoms with van der Waals surface area (Å²) in [6, 6.07) is 9.69. The van der Waals surface area contributed by atoms with E-state index in [4.69, 9.17) is 4.74 Å². The number of nitrogens with one attached hydrogen (secondary N) is 1. The van der Waals surface area contributed by atoms with Crippen LogP contribution < -0.4 is 10.1 Å². The molecule has 1 N–H and O–H groups in total. The summed E-state index contributed by atoms with van der Waals surface area (Å²) in [6.07, 6.45) is 1.75. The molecule has 2 aromatic heterocycles. The third-order valence-electron chi connectivity index (χ3n) is 4.11. The highest BCUT2D eigenvalue weighted by Gasteiger charge is 2.15. The van der Waals surface area contributed by atoms with Gasteiger partial charge in [-0.05, 0) is 44.5 Å². The van der Waals surface area contributed by atoms with Crippen LogP contribution in [0.1, 0.15) is 41.5 Å². The molecule has 2 heterocycles. The maximum Gasteiger partial charge on any atom is 0.253 e. The molecule has 0 unspecified atom stereocenters. The molecule has 1 amide bonds. The molecule has 6 nitrogen and oxygen atoms in total. The van der Waals surface area contributed by atoms with Crippen LogP contribution in [0, 0.1) is 6.92 Å². The monoisotopic (exact) mass is 338 g/mol. The molecule has 0 atom stereocenters. The van der Waals surface area contributed by atoms with E-state index in [1.807, 2.05) is 41.9 Å². The number of ether oxygens (including phenoxy) is 1. The Bertz CT molecular complexity index is 898. The van der Waals surface area contributed by atoms with Gasteiger partial charge in [-0.3, -0.25) is 4.79 Å². The number of carbonyl (C=O) groups is 1. The molecule has 0 spiro atoms. The molecule has 0 saturated heterocycles. The van der Waals surface area contributed by atoms with E-state index < -0.39 is 0 Å². The first-order valence-corrected chi connectivity index (χ1v) is 8.25. The van der Waals surface area contributed by atoms with Gasteiger partial charge in [0.15, 0.2) is 5.65 Å². The van der Waals surface area contributed by atoms with Gasteiger partial charge in [-0.15, -0.1) is 0 Å². The molecular weight excluding hydrogens is 316 g/mol. The van der Waals surface area contributed by atoms with Crippen molar-refractivity contribution in [2.75, 3.05) is 7.11 Å². The van der Waals surface area contributed by atoms with Gasteiger partial charge in [0, 0.05) is 18.0 Å². The lowest BCUT2D eigenvalue weighted by Gasteiger charge is -2.10. The van der Waals surface area contributed by atoms with Crippen molar-refractivity contribution in [3.63, 3.8) is 0 Å². The Balaban J connectivity index is 1.78. The van der Waals surface area contributed by atoms with Crippen LogP contribution in [0.25, 0.3) is 11.0 Å². The second-order valence-corrected chi connectivity index (χ2v) is 6.25. The van der Waals surface area contributed by atoms with E-state index in [-0.39, 0.29) is 11.9 Å². The number of benzene rings is 1. The molecule has 0 saturated carbocycles. The van der Waals surface area contributed by atoms with Crippen molar-refractivity contribution in [3.8, 4) is 5.75 Å². The van der Waals surface area contributed by atoms with Gasteiger partial charge in [0.05, 0.1) is 24.6 Å². The van der Waals surface area contributed by atoms with E-state index in [1.165, 1.54) is 0 Å². The predicted molar refractivity (Wildman–Crippen MR) is 96.8 cm³/mol. The topological polar surface area (TPSA) is 69.0 Å². The lowest BCUT2D eigenvalue weighted by atomic mass is 10.1. The summed E-state index contributed by atoms with van der Waals surface area (Å²) in [4.78, 5) is 17.1. The fraction of sp³-hybridized carbons (Fsp3) is 0.316. The van der Waals surface area contributed by atoms with Gasteiger partial charge in [0.2, 0.25) is 0 Å². The smallest absolute Gasteiger partial charge is 0.253 e. The Hall–Kier alpha value is -2.89. The zero-order valence-electron chi connectivity index (χ0n) is 14.9. The molecule has 0 aliphatic heterocycles. The number of hydrogen-bond donors (Lipinski definition) is 1. The van der Waals surface area contributed by atoms with Gasteiger partial charge >= 0.3 is 0 Å². The first-order chi connectivity index (χ1) is 12.0. The molecule has 0 aliphatic rings. The van der Waals surface area contributed by atoms with E-state index in [0.29, 0.717) is 17.8 Å². The number of pyridine rings is 1. The molecule has 0 radical (unpaired) electrons. The summed E-state index contributed by atoms with van der Waals surface area (Å²) in [7, 11) is 1.63. The number of methoxy groups -OCH3 is 1. The van der Waals surface area contributed by atoms with E-state index in [2.05, 4.69) is 29.2 Å². The molecule has 0 aliphatic carbocycles. The maximum atomic E-state index is 12.5. The fourth-order valence-corrected chi connectivity index (χ4v) is 2.69. The number of carbonyl (C=O) groups excluding carboxylic acids is 1. The molecule has 3 rings (SSSR count). The largest absolute Gasteiger partial charge is 0.497 e. The number of nitrogens with zero attached hydrogens (tertiary/aromatic N) is 3. The number of hydrogen-bond acceptors (Lipinski definition) is 4. The van der Waals surface area contributed by atoms with Gasteiger partial charge in [-0.2, -0.15) is 5.10 Å². The first-order valence-electron chi connectivity index (χ1n) is 8.25. The fourth-order valence-electron chi connectivity index (χ4n) is 2.69. The van der Waals surface area contributed by atoms with Gasteiger partial charge in [0.25, 0.3) is 5.91 Å². The van der Waals surface area contributed by atoms with Gasteiger partial charge in [-0.1, -0.05) is 12.1 Å². The normalized spacial score (nSPS) is 11.1. The van der Waals surface area contributed by atoms with Crippen LogP contribution in [0.2, 0.25) is 0 Å². The average molecular weight is 338 g/mol. The summed E-state index contributed by atoms with van der Waals surface area (Å²) >= 11 is 0. The van der Waals surface area contributed by atoms with Gasteiger partial charge in [-0.25, -0.2) is 9.67 Å². The Kier molecular flexibility index (Phi) is 4.70. The lowest BCUT2D eigenvalue weighted by Crippen LogP contribution is -2.24. The third kappa shape index (κ3) is 3.47. The van der Waals surface area contributed by atoms with E-state index in [9.17, 15) is 4.79 Å². The highest BCUT2D eigenvalue weighted by molar-refractivity contribution is 5.98. The molecular formula is C19H22N4O2. The Morgan fingerprint density at radius 1 is 1.28 bits per heavy atom. The second-order valence-electron chi connectivity index (χ2n) is 6.25. The van der Waals surface area contributed by atoms with Crippen molar-refractivity contribution in [2.24, 2.45) is 0 Å². The minimum Gasteiger partial charge on any atom is -0.497 e. The quantitative estimate of drug-likeness (QED) is 0.775. The SMILES string of the molecule is COc1ccc(CNC(=O)c2cc3cnn(C(C)C)c3nc2C)cc1. The summed E-state index contributed by atoms with van der Waals surface area (Å²) in [6.45, 7) is 6.41. The summed E-state index contributed by atoms with van der Waals surface area (Å²) in [5.74, 6) is 0.655. The number of rotatable bonds is 5. The zero-order chi connectivity index (χ0) is 18.0. The lowest BCUT2D eigenvalue weighted by molar-refractivity contribution is 0.0950. The van der Waals surface area contributed by atoms with Crippen molar-refractivity contribution >= 4 is 16.9 Å². The van der Waals surface area contributed by atoms with E-state index in [1.54, 1.807) is 13.3 Å². The van der Waals surface area contributed by atoms with Crippen LogP contribution in [-0.2, 0) is 6.54 Å². The molecule has 6 heteroatoms. The Morgan fingerprint density at radius 2 is 2.00 bits per heavy atom. The van der Waals surface area contributed by atoms with Crippen molar-refractivity contribution in [1.29, 1.82) is 0 Å². The molecule has 0 fully saturated rings. The molecule has 3 aromatic rings. The highest BCUT2D eigenvalue weighted by atomic mass is 16.5. The van der Waals surface area contributed by atoms with Crippen molar-refractivity contribution in [2.45, 2.75) is 33.4 Å². The van der Waals surface area contributed by atoms with E-state index in [0.717, 1.165) is 22.3 Å². The summed E-state index contributed by atoms with van der Waals surface area (Å²) < 4.78 is 7.00.